The minimum absolute atomic E-state index is 0. The van der Waals surface area contributed by atoms with E-state index < -0.39 is 11.6 Å². The van der Waals surface area contributed by atoms with Crippen molar-refractivity contribution in [1.82, 2.24) is 30.8 Å². The van der Waals surface area contributed by atoms with Gasteiger partial charge in [-0.2, -0.15) is 4.80 Å². The number of aromatic nitrogens is 4. The van der Waals surface area contributed by atoms with Gasteiger partial charge in [0.1, 0.15) is 6.54 Å². The van der Waals surface area contributed by atoms with Gasteiger partial charge in [-0.15, -0.1) is 22.6 Å². The van der Waals surface area contributed by atoms with E-state index in [1.165, 1.54) is 10.9 Å². The molecule has 2 aromatic carbocycles. The van der Waals surface area contributed by atoms with Gasteiger partial charge < -0.3 is 10.6 Å². The van der Waals surface area contributed by atoms with Crippen LogP contribution in [0.25, 0.3) is 11.4 Å². The molecule has 10 heteroatoms. The van der Waals surface area contributed by atoms with E-state index in [1.54, 1.807) is 6.07 Å². The van der Waals surface area contributed by atoms with Crippen LogP contribution in [0.5, 0.6) is 0 Å². The number of carbonyl (C=O) groups excluding carboxylic acids is 1. The highest BCUT2D eigenvalue weighted by molar-refractivity contribution is 5.85. The Kier molecular flexibility index (Phi) is 7.07. The average molecular weight is 435 g/mol. The van der Waals surface area contributed by atoms with Gasteiger partial charge in [-0.25, -0.2) is 8.78 Å². The summed E-state index contributed by atoms with van der Waals surface area (Å²) in [6, 6.07) is 13.0. The van der Waals surface area contributed by atoms with E-state index in [0.717, 1.165) is 18.2 Å². The van der Waals surface area contributed by atoms with Gasteiger partial charge in [0.05, 0.1) is 0 Å². The van der Waals surface area contributed by atoms with Gasteiger partial charge >= 0.3 is 0 Å². The van der Waals surface area contributed by atoms with Crippen LogP contribution in [0.15, 0.2) is 48.5 Å². The molecule has 30 heavy (non-hydrogen) atoms. The number of nitrogens with zero attached hydrogens (tertiary/aromatic N) is 4. The van der Waals surface area contributed by atoms with Crippen molar-refractivity contribution >= 4 is 18.3 Å². The molecule has 1 fully saturated rings. The summed E-state index contributed by atoms with van der Waals surface area (Å²) in [6.07, 6.45) is 0.704. The number of rotatable bonds is 5. The zero-order valence-corrected chi connectivity index (χ0v) is 16.8. The van der Waals surface area contributed by atoms with E-state index in [9.17, 15) is 13.6 Å². The third-order valence-electron chi connectivity index (χ3n) is 4.97. The Balaban J connectivity index is 0.00000256. The zero-order valence-electron chi connectivity index (χ0n) is 16.0. The summed E-state index contributed by atoms with van der Waals surface area (Å²) in [4.78, 5) is 13.8. The Morgan fingerprint density at radius 2 is 1.97 bits per heavy atom. The van der Waals surface area contributed by atoms with Gasteiger partial charge in [0, 0.05) is 24.1 Å². The molecule has 3 aromatic rings. The molecule has 2 unspecified atom stereocenters. The van der Waals surface area contributed by atoms with Crippen molar-refractivity contribution in [3.05, 3.63) is 65.7 Å². The summed E-state index contributed by atoms with van der Waals surface area (Å²) in [5.41, 5.74) is 1.48. The largest absolute Gasteiger partial charge is 0.350 e. The molecule has 1 aliphatic rings. The fourth-order valence-corrected chi connectivity index (χ4v) is 3.55. The normalized spacial score (nSPS) is 18.5. The Bertz CT molecular complexity index is 1000. The summed E-state index contributed by atoms with van der Waals surface area (Å²) in [6.45, 7) is 1.19. The Hall–Kier alpha value is -2.91. The van der Waals surface area contributed by atoms with Gasteiger partial charge in [-0.1, -0.05) is 36.4 Å². The molecule has 1 aromatic heterocycles. The SMILES string of the molecule is Cl.O=C(Cn1nnc(-c2ccccc2)n1)NC1CNCCC1c1ccc(F)c(F)c1. The van der Waals surface area contributed by atoms with Crippen molar-refractivity contribution in [2.45, 2.75) is 24.9 Å². The van der Waals surface area contributed by atoms with E-state index in [1.807, 2.05) is 30.3 Å². The molecule has 0 saturated carbocycles. The predicted molar refractivity (Wildman–Crippen MR) is 109 cm³/mol. The highest BCUT2D eigenvalue weighted by Crippen LogP contribution is 2.27. The third-order valence-corrected chi connectivity index (χ3v) is 4.97. The van der Waals surface area contributed by atoms with Crippen LogP contribution in [0.3, 0.4) is 0 Å². The molecule has 7 nitrogen and oxygen atoms in total. The summed E-state index contributed by atoms with van der Waals surface area (Å²) in [5, 5.41) is 18.3. The number of amides is 1. The molecule has 2 N–H and O–H groups in total. The lowest BCUT2D eigenvalue weighted by Gasteiger charge is -2.33. The topological polar surface area (TPSA) is 84.7 Å². The maximum absolute atomic E-state index is 13.6. The maximum Gasteiger partial charge on any atom is 0.243 e. The summed E-state index contributed by atoms with van der Waals surface area (Å²) in [5.74, 6) is -1.71. The first-order valence-corrected chi connectivity index (χ1v) is 9.38. The Morgan fingerprint density at radius 1 is 1.17 bits per heavy atom. The van der Waals surface area contributed by atoms with Crippen molar-refractivity contribution in [3.63, 3.8) is 0 Å². The number of piperidine rings is 1. The molecule has 0 bridgehead atoms. The number of halogens is 3. The number of tetrazole rings is 1. The molecule has 2 atom stereocenters. The standard InChI is InChI=1S/C20H20F2N6O.ClH/c21-16-7-6-14(10-17(16)22)15-8-9-23-11-18(15)24-19(29)12-28-26-20(25-27-28)13-4-2-1-3-5-13;/h1-7,10,15,18,23H,8-9,11-12H2,(H,24,29);1H. The number of carbonyl (C=O) groups is 1. The molecule has 2 heterocycles. The number of hydrogen-bond donors (Lipinski definition) is 2. The fraction of sp³-hybridized carbons (Fsp3) is 0.300. The van der Waals surface area contributed by atoms with Crippen LogP contribution < -0.4 is 10.6 Å². The monoisotopic (exact) mass is 434 g/mol. The zero-order chi connectivity index (χ0) is 20.2. The lowest BCUT2D eigenvalue weighted by Crippen LogP contribution is -2.50. The van der Waals surface area contributed by atoms with E-state index in [4.69, 9.17) is 0 Å². The molecule has 0 spiro atoms. The van der Waals surface area contributed by atoms with Gasteiger partial charge in [-0.05, 0) is 35.9 Å². The maximum atomic E-state index is 13.6. The quantitative estimate of drug-likeness (QED) is 0.643. The molecule has 1 aliphatic heterocycles. The van der Waals surface area contributed by atoms with Crippen LogP contribution in [0, 0.1) is 11.6 Å². The van der Waals surface area contributed by atoms with Crippen LogP contribution in [-0.2, 0) is 11.3 Å². The number of hydrogen-bond acceptors (Lipinski definition) is 5. The van der Waals surface area contributed by atoms with Gasteiger partial charge in [0.2, 0.25) is 11.7 Å². The van der Waals surface area contributed by atoms with Crippen molar-refractivity contribution in [1.29, 1.82) is 0 Å². The summed E-state index contributed by atoms with van der Waals surface area (Å²) in [7, 11) is 0. The lowest BCUT2D eigenvalue weighted by atomic mass is 9.86. The highest BCUT2D eigenvalue weighted by Gasteiger charge is 2.28. The van der Waals surface area contributed by atoms with Crippen molar-refractivity contribution in [2.24, 2.45) is 0 Å². The first kappa shape index (κ1) is 21.8. The fourth-order valence-electron chi connectivity index (χ4n) is 3.55. The molecule has 1 saturated heterocycles. The van der Waals surface area contributed by atoms with Gasteiger partial charge in [0.25, 0.3) is 0 Å². The summed E-state index contributed by atoms with van der Waals surface area (Å²) < 4.78 is 26.9. The van der Waals surface area contributed by atoms with Crippen LogP contribution >= 0.6 is 12.4 Å². The highest BCUT2D eigenvalue weighted by atomic mass is 35.5. The molecular formula is C20H21ClF2N6O. The average Bonchev–Trinajstić information content (AvgIpc) is 3.19. The molecular weight excluding hydrogens is 414 g/mol. The van der Waals surface area contributed by atoms with Crippen LogP contribution in [-0.4, -0.2) is 45.2 Å². The lowest BCUT2D eigenvalue weighted by molar-refractivity contribution is -0.123. The van der Waals surface area contributed by atoms with Gasteiger partial charge in [0.15, 0.2) is 11.6 Å². The Morgan fingerprint density at radius 3 is 2.73 bits per heavy atom. The van der Waals surface area contributed by atoms with E-state index >= 15 is 0 Å². The molecule has 4 rings (SSSR count). The van der Waals surface area contributed by atoms with Crippen LogP contribution in [0.2, 0.25) is 0 Å². The molecule has 158 valence electrons. The minimum atomic E-state index is -0.883. The van der Waals surface area contributed by atoms with E-state index in [2.05, 4.69) is 26.0 Å². The second kappa shape index (κ2) is 9.73. The Labute approximate surface area is 178 Å². The third kappa shape index (κ3) is 4.98. The van der Waals surface area contributed by atoms with Crippen LogP contribution in [0.1, 0.15) is 17.9 Å². The van der Waals surface area contributed by atoms with E-state index in [-0.39, 0.29) is 36.8 Å². The second-order valence-electron chi connectivity index (χ2n) is 6.96. The second-order valence-corrected chi connectivity index (χ2v) is 6.96. The molecule has 1 amide bonds. The van der Waals surface area contributed by atoms with Gasteiger partial charge in [-0.3, -0.25) is 4.79 Å². The van der Waals surface area contributed by atoms with Crippen molar-refractivity contribution < 1.29 is 13.6 Å². The van der Waals surface area contributed by atoms with E-state index in [0.29, 0.717) is 24.4 Å². The van der Waals surface area contributed by atoms with Crippen molar-refractivity contribution in [2.75, 3.05) is 13.1 Å². The molecule has 0 radical (unpaired) electrons. The predicted octanol–water partition coefficient (Wildman–Crippen LogP) is 2.30. The minimum Gasteiger partial charge on any atom is -0.350 e. The number of benzene rings is 2. The van der Waals surface area contributed by atoms with Crippen molar-refractivity contribution in [3.8, 4) is 11.4 Å². The number of nitrogens with one attached hydrogen (secondary N) is 2. The van der Waals surface area contributed by atoms with Crippen LogP contribution in [0.4, 0.5) is 8.78 Å². The first-order chi connectivity index (χ1) is 14.1. The molecule has 0 aliphatic carbocycles. The first-order valence-electron chi connectivity index (χ1n) is 9.38. The smallest absolute Gasteiger partial charge is 0.243 e. The summed E-state index contributed by atoms with van der Waals surface area (Å²) >= 11 is 0.